The predicted molar refractivity (Wildman–Crippen MR) is 81.8 cm³/mol. The van der Waals surface area contributed by atoms with E-state index in [9.17, 15) is 4.39 Å². The smallest absolute Gasteiger partial charge is 0.124 e. The van der Waals surface area contributed by atoms with E-state index in [1.54, 1.807) is 17.4 Å². The second-order valence-electron chi connectivity index (χ2n) is 4.03. The van der Waals surface area contributed by atoms with E-state index in [2.05, 4.69) is 50.2 Å². The van der Waals surface area contributed by atoms with Gasteiger partial charge in [0.1, 0.15) is 5.82 Å². The van der Waals surface area contributed by atoms with E-state index in [0.29, 0.717) is 0 Å². The highest BCUT2D eigenvalue weighted by atomic mass is 79.9. The summed E-state index contributed by atoms with van der Waals surface area (Å²) in [6.45, 7) is 2.05. The zero-order valence-corrected chi connectivity index (χ0v) is 13.9. The molecule has 1 aromatic heterocycles. The molecular formula is C13H12Br2FNS. The van der Waals surface area contributed by atoms with Crippen LogP contribution in [0.15, 0.2) is 32.5 Å². The molecule has 18 heavy (non-hydrogen) atoms. The Morgan fingerprint density at radius 1 is 1.22 bits per heavy atom. The maximum Gasteiger partial charge on any atom is 0.124 e. The lowest BCUT2D eigenvalue weighted by molar-refractivity contribution is 0.617. The van der Waals surface area contributed by atoms with Gasteiger partial charge in [-0.3, -0.25) is 0 Å². The Labute approximate surface area is 127 Å². The van der Waals surface area contributed by atoms with Gasteiger partial charge in [0.05, 0.1) is 9.83 Å². The third-order valence-electron chi connectivity index (χ3n) is 2.67. The first-order chi connectivity index (χ1) is 8.51. The van der Waals surface area contributed by atoms with Gasteiger partial charge in [0.15, 0.2) is 0 Å². The molecule has 2 aromatic rings. The number of rotatable bonds is 3. The number of aryl methyl sites for hydroxylation is 1. The molecule has 1 N–H and O–H groups in total. The fourth-order valence-electron chi connectivity index (χ4n) is 1.84. The summed E-state index contributed by atoms with van der Waals surface area (Å²) in [6, 6.07) is 7.09. The van der Waals surface area contributed by atoms with Crippen molar-refractivity contribution in [3.8, 4) is 0 Å². The summed E-state index contributed by atoms with van der Waals surface area (Å²) < 4.78 is 15.3. The van der Waals surface area contributed by atoms with Gasteiger partial charge in [-0.05, 0) is 65.3 Å². The van der Waals surface area contributed by atoms with E-state index in [-0.39, 0.29) is 11.9 Å². The first-order valence-corrected chi connectivity index (χ1v) is 7.80. The number of nitrogens with one attached hydrogen (secondary N) is 1. The quantitative estimate of drug-likeness (QED) is 0.772. The molecule has 0 bridgehead atoms. The summed E-state index contributed by atoms with van der Waals surface area (Å²) >= 11 is 8.52. The zero-order chi connectivity index (χ0) is 13.3. The number of thiophene rings is 1. The van der Waals surface area contributed by atoms with E-state index in [1.165, 1.54) is 16.5 Å². The van der Waals surface area contributed by atoms with Crippen LogP contribution in [0.5, 0.6) is 0 Å². The maximum absolute atomic E-state index is 13.5. The minimum absolute atomic E-state index is 0.00648. The third-order valence-corrected chi connectivity index (χ3v) is 5.33. The summed E-state index contributed by atoms with van der Waals surface area (Å²) in [5.41, 5.74) is 2.11. The van der Waals surface area contributed by atoms with Crippen molar-refractivity contribution in [3.63, 3.8) is 0 Å². The van der Waals surface area contributed by atoms with Gasteiger partial charge in [-0.1, -0.05) is 15.9 Å². The molecule has 0 fully saturated rings. The van der Waals surface area contributed by atoms with Crippen LogP contribution >= 0.6 is 43.2 Å². The summed E-state index contributed by atoms with van der Waals surface area (Å²) in [5, 5.41) is 3.23. The molecule has 0 radical (unpaired) electrons. The van der Waals surface area contributed by atoms with E-state index in [0.717, 1.165) is 13.8 Å². The van der Waals surface area contributed by atoms with Crippen LogP contribution in [0.3, 0.4) is 0 Å². The van der Waals surface area contributed by atoms with Crippen molar-refractivity contribution >= 4 is 43.2 Å². The van der Waals surface area contributed by atoms with Crippen molar-refractivity contribution in [1.29, 1.82) is 0 Å². The van der Waals surface area contributed by atoms with Crippen LogP contribution in [0.1, 0.15) is 22.0 Å². The first kappa shape index (κ1) is 14.2. The van der Waals surface area contributed by atoms with E-state index in [4.69, 9.17) is 0 Å². The fourth-order valence-corrected chi connectivity index (χ4v) is 4.03. The van der Waals surface area contributed by atoms with Crippen LogP contribution in [-0.2, 0) is 0 Å². The van der Waals surface area contributed by atoms with Crippen LogP contribution in [0.2, 0.25) is 0 Å². The summed E-state index contributed by atoms with van der Waals surface area (Å²) in [6.07, 6.45) is 0. The average molecular weight is 393 g/mol. The van der Waals surface area contributed by atoms with Gasteiger partial charge in [0.2, 0.25) is 0 Å². The molecule has 0 saturated heterocycles. The van der Waals surface area contributed by atoms with Gasteiger partial charge >= 0.3 is 0 Å². The van der Waals surface area contributed by atoms with Crippen LogP contribution in [0.25, 0.3) is 0 Å². The Morgan fingerprint density at radius 2 is 1.94 bits per heavy atom. The van der Waals surface area contributed by atoms with E-state index in [1.807, 2.05) is 13.1 Å². The molecule has 2 rings (SSSR count). The molecule has 0 saturated carbocycles. The molecular weight excluding hydrogens is 381 g/mol. The van der Waals surface area contributed by atoms with E-state index >= 15 is 0 Å². The first-order valence-electron chi connectivity index (χ1n) is 5.40. The topological polar surface area (TPSA) is 12.0 Å². The molecule has 0 spiro atoms. The lowest BCUT2D eigenvalue weighted by Crippen LogP contribution is -2.16. The van der Waals surface area contributed by atoms with Crippen molar-refractivity contribution in [2.24, 2.45) is 0 Å². The SMILES string of the molecule is CNC(c1cc(F)cc(Br)c1)c1cc(C)c(Br)s1. The molecule has 1 heterocycles. The van der Waals surface area contributed by atoms with Crippen molar-refractivity contribution in [2.45, 2.75) is 13.0 Å². The van der Waals surface area contributed by atoms with Crippen LogP contribution in [0.4, 0.5) is 4.39 Å². The van der Waals surface area contributed by atoms with Crippen molar-refractivity contribution in [2.75, 3.05) is 7.05 Å². The third kappa shape index (κ3) is 3.02. The minimum Gasteiger partial charge on any atom is -0.309 e. The molecule has 1 atom stereocenters. The molecule has 0 aliphatic rings. The highest BCUT2D eigenvalue weighted by Crippen LogP contribution is 2.35. The molecule has 1 nitrogen and oxygen atoms in total. The largest absolute Gasteiger partial charge is 0.309 e. The molecule has 0 amide bonds. The Hall–Kier alpha value is -0.230. The lowest BCUT2D eigenvalue weighted by Gasteiger charge is -2.15. The maximum atomic E-state index is 13.5. The summed E-state index contributed by atoms with van der Waals surface area (Å²) in [5.74, 6) is -0.230. The van der Waals surface area contributed by atoms with Crippen LogP contribution < -0.4 is 5.32 Å². The van der Waals surface area contributed by atoms with Crippen molar-refractivity contribution in [1.82, 2.24) is 5.32 Å². The highest BCUT2D eigenvalue weighted by Gasteiger charge is 2.16. The second-order valence-corrected chi connectivity index (χ2v) is 7.35. The van der Waals surface area contributed by atoms with Crippen molar-refractivity contribution < 1.29 is 4.39 Å². The summed E-state index contributed by atoms with van der Waals surface area (Å²) in [7, 11) is 1.88. The second kappa shape index (κ2) is 5.82. The summed E-state index contributed by atoms with van der Waals surface area (Å²) in [4.78, 5) is 1.17. The standard InChI is InChI=1S/C13H12Br2FNS/c1-7-3-11(18-13(7)15)12(17-2)8-4-9(14)6-10(16)5-8/h3-6,12,17H,1-2H3. The van der Waals surface area contributed by atoms with Gasteiger partial charge in [-0.2, -0.15) is 0 Å². The Balaban J connectivity index is 2.44. The molecule has 1 unspecified atom stereocenters. The molecule has 5 heteroatoms. The highest BCUT2D eigenvalue weighted by molar-refractivity contribution is 9.11. The Kier molecular flexibility index (Phi) is 4.59. The number of hydrogen-bond acceptors (Lipinski definition) is 2. The Bertz CT molecular complexity index is 528. The monoisotopic (exact) mass is 391 g/mol. The zero-order valence-electron chi connectivity index (χ0n) is 9.93. The van der Waals surface area contributed by atoms with Gasteiger partial charge in [-0.15, -0.1) is 11.3 Å². The van der Waals surface area contributed by atoms with Crippen LogP contribution in [0, 0.1) is 12.7 Å². The molecule has 0 aliphatic carbocycles. The lowest BCUT2D eigenvalue weighted by atomic mass is 10.1. The average Bonchev–Trinajstić information content (AvgIpc) is 2.58. The number of hydrogen-bond donors (Lipinski definition) is 1. The molecule has 1 aromatic carbocycles. The van der Waals surface area contributed by atoms with Gasteiger partial charge in [0.25, 0.3) is 0 Å². The van der Waals surface area contributed by atoms with Gasteiger partial charge in [0, 0.05) is 9.35 Å². The fraction of sp³-hybridized carbons (Fsp3) is 0.231. The number of benzene rings is 1. The Morgan fingerprint density at radius 3 is 2.44 bits per heavy atom. The molecule has 96 valence electrons. The van der Waals surface area contributed by atoms with Crippen LogP contribution in [-0.4, -0.2) is 7.05 Å². The van der Waals surface area contributed by atoms with Gasteiger partial charge < -0.3 is 5.32 Å². The normalized spacial score (nSPS) is 12.7. The minimum atomic E-state index is -0.230. The molecule has 0 aliphatic heterocycles. The van der Waals surface area contributed by atoms with Crippen molar-refractivity contribution in [3.05, 3.63) is 54.3 Å². The number of halogens is 3. The predicted octanol–water partition coefficient (Wildman–Crippen LogP) is 5.03. The van der Waals surface area contributed by atoms with Gasteiger partial charge in [-0.25, -0.2) is 4.39 Å². The van der Waals surface area contributed by atoms with E-state index < -0.39 is 0 Å².